The monoisotopic (exact) mass is 268 g/mol. The highest BCUT2D eigenvalue weighted by molar-refractivity contribution is 7.15. The third-order valence-electron chi connectivity index (χ3n) is 3.81. The van der Waals surface area contributed by atoms with Gasteiger partial charge in [-0.25, -0.2) is 4.98 Å². The van der Waals surface area contributed by atoms with Crippen molar-refractivity contribution in [3.63, 3.8) is 0 Å². The van der Waals surface area contributed by atoms with Crippen LogP contribution in [-0.2, 0) is 13.0 Å². The Morgan fingerprint density at radius 2 is 2.17 bits per heavy atom. The van der Waals surface area contributed by atoms with Crippen LogP contribution in [-0.4, -0.2) is 42.6 Å². The molecule has 0 aromatic carbocycles. The number of aryl methyl sites for hydroxylation is 1. The molecule has 2 heterocycles. The molecule has 1 unspecified atom stereocenters. The Morgan fingerprint density at radius 1 is 1.39 bits per heavy atom. The summed E-state index contributed by atoms with van der Waals surface area (Å²) >= 11 is 1.78. The Kier molecular flexibility index (Phi) is 4.59. The molecule has 1 fully saturated rings. The Morgan fingerprint density at radius 3 is 2.72 bits per heavy atom. The van der Waals surface area contributed by atoms with Gasteiger partial charge in [-0.2, -0.15) is 0 Å². The first-order chi connectivity index (χ1) is 8.69. The average Bonchev–Trinajstić information content (AvgIpc) is 2.82. The summed E-state index contributed by atoms with van der Waals surface area (Å²) in [6, 6.07) is 0.647. The van der Waals surface area contributed by atoms with Crippen LogP contribution in [0.1, 0.15) is 30.8 Å². The van der Waals surface area contributed by atoms with E-state index < -0.39 is 0 Å². The first kappa shape index (κ1) is 13.8. The Hall–Kier alpha value is -0.650. The highest BCUT2D eigenvalue weighted by Gasteiger charge is 2.25. The summed E-state index contributed by atoms with van der Waals surface area (Å²) in [4.78, 5) is 10.9. The minimum atomic E-state index is 0.617. The second-order valence-electron chi connectivity index (χ2n) is 4.91. The highest BCUT2D eigenvalue weighted by Crippen LogP contribution is 2.28. The molecule has 1 aromatic heterocycles. The molecular formula is C13H24N4S. The number of rotatable bonds is 4. The van der Waals surface area contributed by atoms with Crippen LogP contribution in [0.2, 0.25) is 0 Å². The molecule has 0 saturated carbocycles. The smallest absolute Gasteiger partial charge is 0.185 e. The molecule has 1 aliphatic heterocycles. The van der Waals surface area contributed by atoms with Gasteiger partial charge >= 0.3 is 0 Å². The van der Waals surface area contributed by atoms with E-state index in [1.54, 1.807) is 11.3 Å². The minimum Gasteiger partial charge on any atom is -0.345 e. The van der Waals surface area contributed by atoms with Crippen molar-refractivity contribution in [3.05, 3.63) is 10.6 Å². The molecule has 0 bridgehead atoms. The fourth-order valence-corrected chi connectivity index (χ4v) is 3.56. The maximum absolute atomic E-state index is 5.79. The molecule has 0 aliphatic carbocycles. The van der Waals surface area contributed by atoms with Gasteiger partial charge in [0.25, 0.3) is 0 Å². The van der Waals surface area contributed by atoms with Gasteiger partial charge in [0.1, 0.15) is 0 Å². The van der Waals surface area contributed by atoms with Gasteiger partial charge in [-0.05, 0) is 19.9 Å². The Balaban J connectivity index is 2.14. The number of aromatic nitrogens is 1. The van der Waals surface area contributed by atoms with Crippen LogP contribution in [0.5, 0.6) is 0 Å². The van der Waals surface area contributed by atoms with Gasteiger partial charge in [0.2, 0.25) is 0 Å². The molecule has 1 atom stereocenters. The molecule has 102 valence electrons. The highest BCUT2D eigenvalue weighted by atomic mass is 32.1. The molecule has 1 saturated heterocycles. The van der Waals surface area contributed by atoms with Crippen molar-refractivity contribution in [1.29, 1.82) is 0 Å². The summed E-state index contributed by atoms with van der Waals surface area (Å²) in [6.45, 7) is 8.32. The van der Waals surface area contributed by atoms with Crippen molar-refractivity contribution in [2.24, 2.45) is 5.73 Å². The third-order valence-corrected chi connectivity index (χ3v) is 4.99. The van der Waals surface area contributed by atoms with E-state index in [1.165, 1.54) is 22.1 Å². The van der Waals surface area contributed by atoms with Gasteiger partial charge in [0.05, 0.1) is 5.69 Å². The lowest BCUT2D eigenvalue weighted by Crippen LogP contribution is -2.51. The standard InChI is InChI=1S/C13H24N4S/c1-4-10-9-17(7-6-16(10)3)13-15-11(5-2)12(8-14)18-13/h10H,4-9,14H2,1-3H3. The average molecular weight is 268 g/mol. The fraction of sp³-hybridized carbons (Fsp3) is 0.769. The van der Waals surface area contributed by atoms with E-state index >= 15 is 0 Å². The van der Waals surface area contributed by atoms with E-state index in [0.29, 0.717) is 12.6 Å². The lowest BCUT2D eigenvalue weighted by molar-refractivity contribution is 0.213. The molecule has 2 rings (SSSR count). The predicted octanol–water partition coefficient (Wildman–Crippen LogP) is 1.69. The SMILES string of the molecule is CCc1nc(N2CCN(C)C(CC)C2)sc1CN. The van der Waals surface area contributed by atoms with Crippen molar-refractivity contribution >= 4 is 16.5 Å². The molecule has 4 nitrogen and oxygen atoms in total. The lowest BCUT2D eigenvalue weighted by Gasteiger charge is -2.39. The number of piperazine rings is 1. The summed E-state index contributed by atoms with van der Waals surface area (Å²) < 4.78 is 0. The van der Waals surface area contributed by atoms with Crippen LogP contribution in [0.15, 0.2) is 0 Å². The van der Waals surface area contributed by atoms with E-state index in [2.05, 4.69) is 30.7 Å². The number of likely N-dealkylation sites (N-methyl/N-ethyl adjacent to an activating group) is 1. The number of nitrogens with two attached hydrogens (primary N) is 1. The van der Waals surface area contributed by atoms with E-state index in [9.17, 15) is 0 Å². The zero-order valence-electron chi connectivity index (χ0n) is 11.6. The Bertz CT molecular complexity index is 369. The topological polar surface area (TPSA) is 45.4 Å². The summed E-state index contributed by atoms with van der Waals surface area (Å²) in [5.41, 5.74) is 6.97. The van der Waals surface area contributed by atoms with Crippen LogP contribution >= 0.6 is 11.3 Å². The molecule has 0 amide bonds. The fourth-order valence-electron chi connectivity index (χ4n) is 2.50. The van der Waals surface area contributed by atoms with E-state index in [4.69, 9.17) is 10.7 Å². The van der Waals surface area contributed by atoms with Gasteiger partial charge in [0, 0.05) is 37.1 Å². The first-order valence-electron chi connectivity index (χ1n) is 6.83. The van der Waals surface area contributed by atoms with Gasteiger partial charge < -0.3 is 10.6 Å². The van der Waals surface area contributed by atoms with Crippen molar-refractivity contribution in [2.75, 3.05) is 31.6 Å². The van der Waals surface area contributed by atoms with E-state index in [1.807, 2.05) is 0 Å². The molecule has 18 heavy (non-hydrogen) atoms. The lowest BCUT2D eigenvalue weighted by atomic mass is 10.1. The molecule has 5 heteroatoms. The zero-order chi connectivity index (χ0) is 13.1. The largest absolute Gasteiger partial charge is 0.345 e. The molecule has 1 aliphatic rings. The van der Waals surface area contributed by atoms with Crippen molar-refractivity contribution in [2.45, 2.75) is 39.3 Å². The quantitative estimate of drug-likeness (QED) is 0.903. The van der Waals surface area contributed by atoms with Gasteiger partial charge in [-0.1, -0.05) is 13.8 Å². The van der Waals surface area contributed by atoms with E-state index in [-0.39, 0.29) is 0 Å². The second kappa shape index (κ2) is 5.99. The minimum absolute atomic E-state index is 0.617. The summed E-state index contributed by atoms with van der Waals surface area (Å²) in [5, 5.41) is 1.17. The second-order valence-corrected chi connectivity index (χ2v) is 5.97. The Labute approximate surface area is 114 Å². The van der Waals surface area contributed by atoms with Crippen molar-refractivity contribution < 1.29 is 0 Å². The molecule has 0 radical (unpaired) electrons. The summed E-state index contributed by atoms with van der Waals surface area (Å²) in [5.74, 6) is 0. The van der Waals surface area contributed by atoms with E-state index in [0.717, 1.165) is 26.1 Å². The van der Waals surface area contributed by atoms with Crippen LogP contribution < -0.4 is 10.6 Å². The maximum Gasteiger partial charge on any atom is 0.185 e. The maximum atomic E-state index is 5.79. The van der Waals surface area contributed by atoms with Crippen LogP contribution in [0.4, 0.5) is 5.13 Å². The third kappa shape index (κ3) is 2.68. The first-order valence-corrected chi connectivity index (χ1v) is 7.65. The molecule has 0 spiro atoms. The number of hydrogen-bond acceptors (Lipinski definition) is 5. The van der Waals surface area contributed by atoms with Gasteiger partial charge in [0.15, 0.2) is 5.13 Å². The molecular weight excluding hydrogens is 244 g/mol. The van der Waals surface area contributed by atoms with Crippen LogP contribution in [0.3, 0.4) is 0 Å². The number of hydrogen-bond donors (Lipinski definition) is 1. The van der Waals surface area contributed by atoms with Gasteiger partial charge in [-0.15, -0.1) is 11.3 Å². The normalized spacial score (nSPS) is 21.6. The van der Waals surface area contributed by atoms with Crippen molar-refractivity contribution in [3.8, 4) is 0 Å². The summed E-state index contributed by atoms with van der Waals surface area (Å²) in [7, 11) is 2.22. The number of anilines is 1. The van der Waals surface area contributed by atoms with Crippen LogP contribution in [0.25, 0.3) is 0 Å². The van der Waals surface area contributed by atoms with Crippen LogP contribution in [0, 0.1) is 0 Å². The number of nitrogens with zero attached hydrogens (tertiary/aromatic N) is 3. The predicted molar refractivity (Wildman–Crippen MR) is 78.3 cm³/mol. The molecule has 1 aromatic rings. The summed E-state index contributed by atoms with van der Waals surface area (Å²) in [6.07, 6.45) is 2.18. The van der Waals surface area contributed by atoms with Crippen molar-refractivity contribution in [1.82, 2.24) is 9.88 Å². The van der Waals surface area contributed by atoms with Gasteiger partial charge in [-0.3, -0.25) is 4.90 Å². The molecule has 2 N–H and O–H groups in total. The zero-order valence-corrected chi connectivity index (χ0v) is 12.5. The number of thiazole rings is 1.